The van der Waals surface area contributed by atoms with Crippen LogP contribution in [0.15, 0.2) is 48.7 Å². The highest BCUT2D eigenvalue weighted by Crippen LogP contribution is 2.34. The number of nitrogens with one attached hydrogen (secondary N) is 2. The summed E-state index contributed by atoms with van der Waals surface area (Å²) in [4.78, 5) is 32.5. The van der Waals surface area contributed by atoms with E-state index in [4.69, 9.17) is 22.4 Å². The van der Waals surface area contributed by atoms with Gasteiger partial charge in [0.1, 0.15) is 17.3 Å². The summed E-state index contributed by atoms with van der Waals surface area (Å²) >= 11 is 6.00. The van der Waals surface area contributed by atoms with Crippen molar-refractivity contribution in [3.05, 3.63) is 76.3 Å². The first-order valence-corrected chi connectivity index (χ1v) is 12.2. The molecule has 1 aromatic heterocycles. The number of carboxylic acid groups (broad SMARTS) is 1. The second kappa shape index (κ2) is 11.5. The molecule has 11 heteroatoms. The first-order valence-electron chi connectivity index (χ1n) is 11.8. The zero-order valence-electron chi connectivity index (χ0n) is 19.8. The molecule has 1 aliphatic rings. The fourth-order valence-electron chi connectivity index (χ4n) is 4.57. The normalized spacial score (nSPS) is 18.1. The number of carbonyl (C=O) groups is 2. The van der Waals surface area contributed by atoms with Crippen LogP contribution in [0.3, 0.4) is 0 Å². The van der Waals surface area contributed by atoms with E-state index in [9.17, 15) is 14.7 Å². The largest absolute Gasteiger partial charge is 0.465 e. The predicted octanol–water partition coefficient (Wildman–Crippen LogP) is 4.28. The summed E-state index contributed by atoms with van der Waals surface area (Å²) in [5.74, 6) is -1.26. The quantitative estimate of drug-likeness (QED) is 0.308. The van der Waals surface area contributed by atoms with E-state index in [0.29, 0.717) is 40.4 Å². The fourth-order valence-corrected chi connectivity index (χ4v) is 4.77. The Balaban J connectivity index is 1.50. The van der Waals surface area contributed by atoms with Gasteiger partial charge in [0.2, 0.25) is 0 Å². The van der Waals surface area contributed by atoms with Crippen molar-refractivity contribution in [1.29, 1.82) is 0 Å². The van der Waals surface area contributed by atoms with Gasteiger partial charge in [0, 0.05) is 22.5 Å². The summed E-state index contributed by atoms with van der Waals surface area (Å²) in [5, 5.41) is 24.2. The standard InChI is InChI=1S/C26H27ClFN5O4/c27-17-3-1-2-15(10-17)22(13-34)33-25(35)19-9-6-16(11-20(19)28)23-24(29)30-12-21(32-23)14-4-7-18(8-5-14)31-26(36)37/h1-3,6,9-12,14,18,22,31,34H,4-5,7-8,13H2,(H2,29,30)(H,33,35)(H,36,37). The molecule has 2 aromatic carbocycles. The van der Waals surface area contributed by atoms with Crippen molar-refractivity contribution in [2.24, 2.45) is 0 Å². The number of anilines is 1. The number of amides is 2. The van der Waals surface area contributed by atoms with Crippen molar-refractivity contribution in [3.8, 4) is 11.3 Å². The van der Waals surface area contributed by atoms with Crippen molar-refractivity contribution in [2.75, 3.05) is 12.3 Å². The molecule has 0 radical (unpaired) electrons. The third-order valence-corrected chi connectivity index (χ3v) is 6.75. The highest BCUT2D eigenvalue weighted by molar-refractivity contribution is 6.30. The Morgan fingerprint density at radius 3 is 2.57 bits per heavy atom. The van der Waals surface area contributed by atoms with Gasteiger partial charge in [-0.2, -0.15) is 0 Å². The lowest BCUT2D eigenvalue weighted by Crippen LogP contribution is -2.36. The van der Waals surface area contributed by atoms with Crippen LogP contribution in [0.1, 0.15) is 59.3 Å². The van der Waals surface area contributed by atoms with E-state index in [1.54, 1.807) is 36.5 Å². The number of aliphatic hydroxyl groups is 1. The average Bonchev–Trinajstić information content (AvgIpc) is 2.87. The van der Waals surface area contributed by atoms with Crippen molar-refractivity contribution in [2.45, 2.75) is 43.7 Å². The second-order valence-corrected chi connectivity index (χ2v) is 9.42. The number of carbonyl (C=O) groups excluding carboxylic acids is 1. The lowest BCUT2D eigenvalue weighted by molar-refractivity contribution is 0.0912. The molecule has 1 atom stereocenters. The molecule has 1 saturated carbocycles. The lowest BCUT2D eigenvalue weighted by atomic mass is 9.84. The van der Waals surface area contributed by atoms with Crippen LogP contribution in [0, 0.1) is 5.82 Å². The Morgan fingerprint density at radius 2 is 1.92 bits per heavy atom. The van der Waals surface area contributed by atoms with Crippen molar-refractivity contribution >= 4 is 29.4 Å². The maximum atomic E-state index is 15.1. The summed E-state index contributed by atoms with van der Waals surface area (Å²) in [7, 11) is 0. The van der Waals surface area contributed by atoms with Crippen LogP contribution >= 0.6 is 11.6 Å². The van der Waals surface area contributed by atoms with Crippen LogP contribution in [0.2, 0.25) is 5.02 Å². The molecule has 9 nitrogen and oxygen atoms in total. The van der Waals surface area contributed by atoms with Gasteiger partial charge in [-0.3, -0.25) is 4.79 Å². The van der Waals surface area contributed by atoms with Gasteiger partial charge in [0.05, 0.1) is 30.1 Å². The number of nitrogen functional groups attached to an aromatic ring is 1. The fraction of sp³-hybridized carbons (Fsp3) is 0.308. The Hall–Kier alpha value is -3.76. The summed E-state index contributed by atoms with van der Waals surface area (Å²) < 4.78 is 15.1. The number of halogens is 2. The minimum atomic E-state index is -1.03. The maximum Gasteiger partial charge on any atom is 0.404 e. The van der Waals surface area contributed by atoms with Gasteiger partial charge in [-0.1, -0.05) is 29.8 Å². The molecule has 194 valence electrons. The number of nitrogens with zero attached hydrogens (tertiary/aromatic N) is 2. The van der Waals surface area contributed by atoms with Crippen LogP contribution in [0.4, 0.5) is 15.0 Å². The molecule has 6 N–H and O–H groups in total. The molecule has 1 unspecified atom stereocenters. The van der Waals surface area contributed by atoms with Crippen LogP contribution < -0.4 is 16.4 Å². The molecule has 0 saturated heterocycles. The first-order chi connectivity index (χ1) is 17.7. The second-order valence-electron chi connectivity index (χ2n) is 8.99. The Kier molecular flexibility index (Phi) is 8.20. The minimum Gasteiger partial charge on any atom is -0.465 e. The van der Waals surface area contributed by atoms with E-state index in [2.05, 4.69) is 20.6 Å². The SMILES string of the molecule is Nc1ncc(C2CCC(NC(=O)O)CC2)nc1-c1ccc(C(=O)NC(CO)c2cccc(Cl)c2)c(F)c1. The highest BCUT2D eigenvalue weighted by atomic mass is 35.5. The number of aliphatic hydroxyl groups excluding tert-OH is 1. The number of hydrogen-bond acceptors (Lipinski definition) is 6. The van der Waals surface area contributed by atoms with E-state index in [0.717, 1.165) is 12.8 Å². The van der Waals surface area contributed by atoms with Crippen LogP contribution in [0.5, 0.6) is 0 Å². The minimum absolute atomic E-state index is 0.0792. The topological polar surface area (TPSA) is 150 Å². The smallest absolute Gasteiger partial charge is 0.404 e. The molecule has 4 rings (SSSR count). The van der Waals surface area contributed by atoms with Gasteiger partial charge in [-0.25, -0.2) is 19.2 Å². The zero-order valence-corrected chi connectivity index (χ0v) is 20.6. The number of hydrogen-bond donors (Lipinski definition) is 5. The summed E-state index contributed by atoms with van der Waals surface area (Å²) in [6.07, 6.45) is 3.39. The molecule has 2 amide bonds. The van der Waals surface area contributed by atoms with Gasteiger partial charge in [0.15, 0.2) is 0 Å². The van der Waals surface area contributed by atoms with Gasteiger partial charge in [-0.15, -0.1) is 0 Å². The van der Waals surface area contributed by atoms with E-state index in [1.165, 1.54) is 12.1 Å². The number of aromatic nitrogens is 2. The molecular weight excluding hydrogens is 501 g/mol. The van der Waals surface area contributed by atoms with E-state index in [1.807, 2.05) is 0 Å². The van der Waals surface area contributed by atoms with E-state index < -0.39 is 23.9 Å². The molecule has 0 bridgehead atoms. The Labute approximate surface area is 217 Å². The number of benzene rings is 2. The van der Waals surface area contributed by atoms with Crippen LogP contribution in [0.25, 0.3) is 11.3 Å². The van der Waals surface area contributed by atoms with E-state index in [-0.39, 0.29) is 29.9 Å². The Morgan fingerprint density at radius 1 is 1.16 bits per heavy atom. The first kappa shape index (κ1) is 26.3. The maximum absolute atomic E-state index is 15.1. The van der Waals surface area contributed by atoms with Gasteiger partial charge in [-0.05, 0) is 55.5 Å². The third-order valence-electron chi connectivity index (χ3n) is 6.52. The van der Waals surface area contributed by atoms with Gasteiger partial charge < -0.3 is 26.6 Å². The summed E-state index contributed by atoms with van der Waals surface area (Å²) in [5.41, 5.74) is 7.82. The van der Waals surface area contributed by atoms with Crippen LogP contribution in [-0.4, -0.2) is 44.8 Å². The average molecular weight is 528 g/mol. The highest BCUT2D eigenvalue weighted by Gasteiger charge is 2.26. The molecule has 37 heavy (non-hydrogen) atoms. The predicted molar refractivity (Wildman–Crippen MR) is 137 cm³/mol. The molecular formula is C26H27ClFN5O4. The third kappa shape index (κ3) is 6.33. The number of rotatable bonds is 7. The monoisotopic (exact) mass is 527 g/mol. The molecule has 0 aliphatic heterocycles. The lowest BCUT2D eigenvalue weighted by Gasteiger charge is -2.28. The molecule has 3 aromatic rings. The summed E-state index contributed by atoms with van der Waals surface area (Å²) in [6, 6.07) is 9.90. The van der Waals surface area contributed by atoms with Crippen molar-refractivity contribution < 1.29 is 24.2 Å². The van der Waals surface area contributed by atoms with Crippen LogP contribution in [-0.2, 0) is 0 Å². The van der Waals surface area contributed by atoms with E-state index >= 15 is 4.39 Å². The zero-order chi connectivity index (χ0) is 26.5. The molecule has 1 heterocycles. The molecule has 0 spiro atoms. The van der Waals surface area contributed by atoms with Gasteiger partial charge in [0.25, 0.3) is 5.91 Å². The van der Waals surface area contributed by atoms with Crippen molar-refractivity contribution in [1.82, 2.24) is 20.6 Å². The summed E-state index contributed by atoms with van der Waals surface area (Å²) in [6.45, 7) is -0.390. The van der Waals surface area contributed by atoms with Crippen molar-refractivity contribution in [3.63, 3.8) is 0 Å². The molecule has 1 aliphatic carbocycles. The van der Waals surface area contributed by atoms with Gasteiger partial charge >= 0.3 is 6.09 Å². The Bertz CT molecular complexity index is 1300. The number of nitrogens with two attached hydrogens (primary N) is 1. The molecule has 1 fully saturated rings.